The van der Waals surface area contributed by atoms with Crippen LogP contribution < -0.4 is 11.1 Å². The zero-order chi connectivity index (χ0) is 11.0. The van der Waals surface area contributed by atoms with Crippen molar-refractivity contribution in [1.29, 1.82) is 0 Å². The second kappa shape index (κ2) is 7.80. The quantitative estimate of drug-likeness (QED) is 0.658. The van der Waals surface area contributed by atoms with Gasteiger partial charge in [-0.25, -0.2) is 0 Å². The van der Waals surface area contributed by atoms with Gasteiger partial charge in [0.25, 0.3) is 0 Å². The normalized spacial score (nSPS) is 14.9. The Morgan fingerprint density at radius 1 is 1.29 bits per heavy atom. The van der Waals surface area contributed by atoms with Gasteiger partial charge in [0.15, 0.2) is 0 Å². The van der Waals surface area contributed by atoms with E-state index in [0.717, 1.165) is 25.7 Å². The molecule has 84 valence electrons. The predicted octanol–water partition coefficient (Wildman–Crippen LogP) is 1.81. The number of hydrogen-bond acceptors (Lipinski definition) is 2. The fourth-order valence-corrected chi connectivity index (χ4v) is 1.37. The Balaban J connectivity index is 3.69. The minimum Gasteiger partial charge on any atom is -0.352 e. The summed E-state index contributed by atoms with van der Waals surface area (Å²) in [5.41, 5.74) is 5.69. The van der Waals surface area contributed by atoms with Crippen molar-refractivity contribution >= 4 is 5.91 Å². The van der Waals surface area contributed by atoms with Gasteiger partial charge in [-0.3, -0.25) is 4.79 Å². The highest BCUT2D eigenvalue weighted by atomic mass is 16.2. The monoisotopic (exact) mass is 200 g/mol. The lowest BCUT2D eigenvalue weighted by atomic mass is 10.1. The fourth-order valence-electron chi connectivity index (χ4n) is 1.37. The molecule has 0 aliphatic carbocycles. The van der Waals surface area contributed by atoms with Crippen LogP contribution in [0.5, 0.6) is 0 Å². The molecule has 0 bridgehead atoms. The van der Waals surface area contributed by atoms with Crippen molar-refractivity contribution < 1.29 is 4.79 Å². The van der Waals surface area contributed by atoms with Crippen molar-refractivity contribution in [2.24, 2.45) is 5.73 Å². The van der Waals surface area contributed by atoms with Gasteiger partial charge in [-0.05, 0) is 19.8 Å². The van der Waals surface area contributed by atoms with Gasteiger partial charge in [0.1, 0.15) is 0 Å². The Labute approximate surface area is 87.4 Å². The van der Waals surface area contributed by atoms with Gasteiger partial charge in [-0.1, -0.05) is 33.1 Å². The Kier molecular flexibility index (Phi) is 7.48. The maximum absolute atomic E-state index is 11.5. The molecule has 0 aromatic rings. The third-order valence-electron chi connectivity index (χ3n) is 2.32. The van der Waals surface area contributed by atoms with Crippen LogP contribution >= 0.6 is 0 Å². The summed E-state index contributed by atoms with van der Waals surface area (Å²) in [4.78, 5) is 11.5. The first-order chi connectivity index (χ1) is 6.61. The second-order valence-corrected chi connectivity index (χ2v) is 3.95. The van der Waals surface area contributed by atoms with Crippen LogP contribution in [0.4, 0.5) is 0 Å². The van der Waals surface area contributed by atoms with E-state index < -0.39 is 0 Å². The van der Waals surface area contributed by atoms with Crippen LogP contribution in [-0.2, 0) is 4.79 Å². The van der Waals surface area contributed by atoms with Gasteiger partial charge in [0.2, 0.25) is 5.91 Å². The van der Waals surface area contributed by atoms with Crippen LogP contribution in [0.3, 0.4) is 0 Å². The molecule has 0 fully saturated rings. The predicted molar refractivity (Wildman–Crippen MR) is 60.0 cm³/mol. The SMILES string of the molecule is CCCCC(C)NC(=O)C(N)CCC. The van der Waals surface area contributed by atoms with Crippen LogP contribution in [0.15, 0.2) is 0 Å². The Morgan fingerprint density at radius 2 is 1.93 bits per heavy atom. The highest BCUT2D eigenvalue weighted by Crippen LogP contribution is 2.00. The second-order valence-electron chi connectivity index (χ2n) is 3.95. The van der Waals surface area contributed by atoms with Crippen molar-refractivity contribution in [3.8, 4) is 0 Å². The van der Waals surface area contributed by atoms with Crippen LogP contribution in [0.1, 0.15) is 52.9 Å². The lowest BCUT2D eigenvalue weighted by Crippen LogP contribution is -2.44. The van der Waals surface area contributed by atoms with Gasteiger partial charge >= 0.3 is 0 Å². The molecular weight excluding hydrogens is 176 g/mol. The first-order valence-corrected chi connectivity index (χ1v) is 5.67. The third-order valence-corrected chi connectivity index (χ3v) is 2.32. The van der Waals surface area contributed by atoms with E-state index in [2.05, 4.69) is 12.2 Å². The average Bonchev–Trinajstić information content (AvgIpc) is 2.15. The highest BCUT2D eigenvalue weighted by Gasteiger charge is 2.13. The molecule has 0 spiro atoms. The van der Waals surface area contributed by atoms with E-state index in [9.17, 15) is 4.79 Å². The van der Waals surface area contributed by atoms with E-state index in [4.69, 9.17) is 5.73 Å². The van der Waals surface area contributed by atoms with Gasteiger partial charge in [-0.15, -0.1) is 0 Å². The molecule has 1 amide bonds. The van der Waals surface area contributed by atoms with Crippen molar-refractivity contribution in [2.75, 3.05) is 0 Å². The largest absolute Gasteiger partial charge is 0.352 e. The first kappa shape index (κ1) is 13.4. The van der Waals surface area contributed by atoms with E-state index in [1.807, 2.05) is 13.8 Å². The molecule has 0 radical (unpaired) electrons. The van der Waals surface area contributed by atoms with Crippen LogP contribution in [0.25, 0.3) is 0 Å². The molecule has 2 atom stereocenters. The number of rotatable bonds is 7. The molecular formula is C11H24N2O. The van der Waals surface area contributed by atoms with Gasteiger partial charge < -0.3 is 11.1 Å². The molecule has 0 saturated carbocycles. The number of carbonyl (C=O) groups excluding carboxylic acids is 1. The summed E-state index contributed by atoms with van der Waals surface area (Å²) in [5.74, 6) is -0.00421. The molecule has 0 aliphatic heterocycles. The fraction of sp³-hybridized carbons (Fsp3) is 0.909. The van der Waals surface area contributed by atoms with Gasteiger partial charge in [0, 0.05) is 6.04 Å². The zero-order valence-corrected chi connectivity index (χ0v) is 9.68. The van der Waals surface area contributed by atoms with Crippen molar-refractivity contribution in [2.45, 2.75) is 65.0 Å². The third kappa shape index (κ3) is 5.97. The van der Waals surface area contributed by atoms with E-state index in [1.165, 1.54) is 6.42 Å². The Morgan fingerprint density at radius 3 is 2.43 bits per heavy atom. The number of hydrogen-bond donors (Lipinski definition) is 2. The summed E-state index contributed by atoms with van der Waals surface area (Å²) < 4.78 is 0. The number of nitrogens with two attached hydrogens (primary N) is 1. The molecule has 3 heteroatoms. The molecule has 2 unspecified atom stereocenters. The lowest BCUT2D eigenvalue weighted by Gasteiger charge is -2.16. The van der Waals surface area contributed by atoms with Crippen LogP contribution in [0, 0.1) is 0 Å². The molecule has 0 aromatic heterocycles. The molecule has 0 heterocycles. The van der Waals surface area contributed by atoms with Crippen molar-refractivity contribution in [3.05, 3.63) is 0 Å². The topological polar surface area (TPSA) is 55.1 Å². The first-order valence-electron chi connectivity index (χ1n) is 5.67. The minimum absolute atomic E-state index is 0.00421. The maximum atomic E-state index is 11.5. The summed E-state index contributed by atoms with van der Waals surface area (Å²) in [5, 5.41) is 2.94. The molecule has 0 rings (SSSR count). The highest BCUT2D eigenvalue weighted by molar-refractivity contribution is 5.81. The van der Waals surface area contributed by atoms with E-state index in [-0.39, 0.29) is 18.0 Å². The summed E-state index contributed by atoms with van der Waals surface area (Å²) in [6, 6.07) is -0.0746. The smallest absolute Gasteiger partial charge is 0.237 e. The van der Waals surface area contributed by atoms with Crippen LogP contribution in [0.2, 0.25) is 0 Å². The van der Waals surface area contributed by atoms with E-state index in [1.54, 1.807) is 0 Å². The molecule has 0 aromatic carbocycles. The summed E-state index contributed by atoms with van der Waals surface area (Å²) >= 11 is 0. The molecule has 0 aliphatic rings. The van der Waals surface area contributed by atoms with E-state index >= 15 is 0 Å². The maximum Gasteiger partial charge on any atom is 0.237 e. The molecule has 14 heavy (non-hydrogen) atoms. The Bertz CT molecular complexity index is 159. The van der Waals surface area contributed by atoms with Crippen LogP contribution in [-0.4, -0.2) is 18.0 Å². The number of unbranched alkanes of at least 4 members (excludes halogenated alkanes) is 1. The lowest BCUT2D eigenvalue weighted by molar-refractivity contribution is -0.123. The molecule has 0 saturated heterocycles. The van der Waals surface area contributed by atoms with Gasteiger partial charge in [-0.2, -0.15) is 0 Å². The number of amides is 1. The summed E-state index contributed by atoms with van der Waals surface area (Å²) in [7, 11) is 0. The average molecular weight is 200 g/mol. The zero-order valence-electron chi connectivity index (χ0n) is 9.68. The van der Waals surface area contributed by atoms with Crippen molar-refractivity contribution in [1.82, 2.24) is 5.32 Å². The summed E-state index contributed by atoms with van der Waals surface area (Å²) in [6.45, 7) is 6.22. The molecule has 3 N–H and O–H groups in total. The molecule has 3 nitrogen and oxygen atoms in total. The number of nitrogens with one attached hydrogen (secondary N) is 1. The minimum atomic E-state index is -0.330. The van der Waals surface area contributed by atoms with E-state index in [0.29, 0.717) is 0 Å². The standard InChI is InChI=1S/C11H24N2O/c1-4-6-8-9(3)13-11(14)10(12)7-5-2/h9-10H,4-8,12H2,1-3H3,(H,13,14). The van der Waals surface area contributed by atoms with Crippen molar-refractivity contribution in [3.63, 3.8) is 0 Å². The van der Waals surface area contributed by atoms with Gasteiger partial charge in [0.05, 0.1) is 6.04 Å². The number of carbonyl (C=O) groups is 1. The Hall–Kier alpha value is -0.570. The summed E-state index contributed by atoms with van der Waals surface area (Å²) in [6.07, 6.45) is 5.09.